The molecule has 0 saturated carbocycles. The van der Waals surface area contributed by atoms with Gasteiger partial charge in [-0.3, -0.25) is 9.78 Å². The molecule has 2 saturated heterocycles. The molecule has 2 aliphatic heterocycles. The van der Waals surface area contributed by atoms with E-state index in [1.807, 2.05) is 0 Å². The largest absolute Gasteiger partial charge is 0.494 e. The number of aromatic nitrogens is 1. The summed E-state index contributed by atoms with van der Waals surface area (Å²) >= 11 is 0. The summed E-state index contributed by atoms with van der Waals surface area (Å²) in [6, 6.07) is 1.73. The second kappa shape index (κ2) is 5.50. The van der Waals surface area contributed by atoms with Gasteiger partial charge < -0.3 is 14.2 Å². The van der Waals surface area contributed by atoms with Crippen LogP contribution in [0.3, 0.4) is 0 Å². The van der Waals surface area contributed by atoms with Gasteiger partial charge in [-0.2, -0.15) is 0 Å². The maximum absolute atomic E-state index is 12.7. The topological polar surface area (TPSA) is 57.7 Å². The van der Waals surface area contributed by atoms with Crippen LogP contribution in [0.15, 0.2) is 18.5 Å². The smallest absolute Gasteiger partial charge is 0.169 e. The molecule has 0 amide bonds. The van der Waals surface area contributed by atoms with Gasteiger partial charge in [-0.1, -0.05) is 0 Å². The van der Waals surface area contributed by atoms with Crippen molar-refractivity contribution in [2.24, 2.45) is 5.92 Å². The molecule has 2 fully saturated rings. The summed E-state index contributed by atoms with van der Waals surface area (Å²) in [6.45, 7) is 1.94. The van der Waals surface area contributed by atoms with Gasteiger partial charge in [-0.05, 0) is 18.9 Å². The van der Waals surface area contributed by atoms with Gasteiger partial charge in [0.2, 0.25) is 0 Å². The van der Waals surface area contributed by atoms with Crippen molar-refractivity contribution < 1.29 is 19.0 Å². The quantitative estimate of drug-likeness (QED) is 0.789. The van der Waals surface area contributed by atoms with Crippen LogP contribution < -0.4 is 4.74 Å². The first kappa shape index (κ1) is 13.5. The normalized spacial score (nSPS) is 29.6. The van der Waals surface area contributed by atoms with Crippen molar-refractivity contribution >= 4 is 5.78 Å². The molecule has 2 atom stereocenters. The molecular formula is C15H19NO4. The zero-order valence-corrected chi connectivity index (χ0v) is 11.6. The predicted molar refractivity (Wildman–Crippen MR) is 72.0 cm³/mol. The lowest BCUT2D eigenvalue weighted by atomic mass is 9.81. The van der Waals surface area contributed by atoms with Crippen molar-refractivity contribution in [2.45, 2.75) is 24.9 Å². The number of rotatable bonds is 3. The minimum atomic E-state index is -0.251. The zero-order chi connectivity index (χ0) is 14.0. The first-order chi connectivity index (χ1) is 9.74. The monoisotopic (exact) mass is 277 g/mol. The van der Waals surface area contributed by atoms with E-state index in [9.17, 15) is 4.79 Å². The van der Waals surface area contributed by atoms with Gasteiger partial charge in [0.05, 0.1) is 31.1 Å². The van der Waals surface area contributed by atoms with E-state index in [4.69, 9.17) is 14.2 Å². The van der Waals surface area contributed by atoms with Crippen LogP contribution in [-0.2, 0) is 9.47 Å². The Bertz CT molecular complexity index is 496. The Kier molecular flexibility index (Phi) is 3.72. The van der Waals surface area contributed by atoms with Gasteiger partial charge in [-0.25, -0.2) is 0 Å². The Balaban J connectivity index is 1.79. The molecule has 2 unspecified atom stereocenters. The number of carbonyl (C=O) groups is 1. The third kappa shape index (κ3) is 2.43. The van der Waals surface area contributed by atoms with E-state index in [2.05, 4.69) is 4.98 Å². The lowest BCUT2D eigenvalue weighted by Gasteiger charge is -2.36. The molecule has 3 rings (SSSR count). The summed E-state index contributed by atoms with van der Waals surface area (Å²) in [5.41, 5.74) is 0.363. The second-order valence-corrected chi connectivity index (χ2v) is 5.46. The fourth-order valence-corrected chi connectivity index (χ4v) is 3.08. The van der Waals surface area contributed by atoms with Crippen LogP contribution in [0.2, 0.25) is 0 Å². The van der Waals surface area contributed by atoms with Crippen LogP contribution in [0.1, 0.15) is 29.6 Å². The number of methoxy groups -OCH3 is 1. The van der Waals surface area contributed by atoms with Crippen LogP contribution in [0.25, 0.3) is 0 Å². The highest BCUT2D eigenvalue weighted by atomic mass is 16.6. The zero-order valence-electron chi connectivity index (χ0n) is 11.6. The highest BCUT2D eigenvalue weighted by Crippen LogP contribution is 2.37. The van der Waals surface area contributed by atoms with E-state index in [1.165, 1.54) is 0 Å². The van der Waals surface area contributed by atoms with Crippen molar-refractivity contribution in [3.8, 4) is 5.75 Å². The molecule has 5 nitrogen and oxygen atoms in total. The van der Waals surface area contributed by atoms with E-state index in [1.54, 1.807) is 25.6 Å². The number of Topliss-reactive ketones (excluding diaryl/α,β-unsaturated/α-hetero) is 1. The van der Waals surface area contributed by atoms with Crippen molar-refractivity contribution in [2.75, 3.05) is 26.9 Å². The van der Waals surface area contributed by atoms with Crippen LogP contribution in [0.5, 0.6) is 5.75 Å². The molecule has 0 radical (unpaired) electrons. The fraction of sp³-hybridized carbons (Fsp3) is 0.600. The number of hydrogen-bond acceptors (Lipinski definition) is 5. The maximum Gasteiger partial charge on any atom is 0.169 e. The molecule has 0 N–H and O–H groups in total. The number of ether oxygens (including phenoxy) is 3. The Morgan fingerprint density at radius 2 is 2.40 bits per heavy atom. The Labute approximate surface area is 118 Å². The van der Waals surface area contributed by atoms with Crippen LogP contribution in [0.4, 0.5) is 0 Å². The second-order valence-electron chi connectivity index (χ2n) is 5.46. The minimum Gasteiger partial charge on any atom is -0.494 e. The third-order valence-electron chi connectivity index (χ3n) is 4.20. The van der Waals surface area contributed by atoms with Gasteiger partial charge >= 0.3 is 0 Å². The third-order valence-corrected chi connectivity index (χ3v) is 4.20. The summed E-state index contributed by atoms with van der Waals surface area (Å²) in [4.78, 5) is 16.7. The molecule has 108 valence electrons. The molecule has 20 heavy (non-hydrogen) atoms. The first-order valence-corrected chi connectivity index (χ1v) is 6.98. The van der Waals surface area contributed by atoms with E-state index in [0.29, 0.717) is 24.5 Å². The molecule has 3 heterocycles. The summed E-state index contributed by atoms with van der Waals surface area (Å²) in [5, 5.41) is 0. The molecule has 5 heteroatoms. The average Bonchev–Trinajstić information content (AvgIpc) is 2.94. The summed E-state index contributed by atoms with van der Waals surface area (Å²) in [6.07, 6.45) is 5.58. The van der Waals surface area contributed by atoms with Crippen LogP contribution in [-0.4, -0.2) is 43.3 Å². The summed E-state index contributed by atoms with van der Waals surface area (Å²) in [7, 11) is 1.56. The lowest BCUT2D eigenvalue weighted by molar-refractivity contribution is -0.0920. The molecule has 0 aliphatic carbocycles. The lowest BCUT2D eigenvalue weighted by Crippen LogP contribution is -2.42. The Morgan fingerprint density at radius 3 is 3.15 bits per heavy atom. The molecule has 1 aromatic heterocycles. The fourth-order valence-electron chi connectivity index (χ4n) is 3.08. The maximum atomic E-state index is 12.7. The summed E-state index contributed by atoms with van der Waals surface area (Å²) < 4.78 is 16.6. The van der Waals surface area contributed by atoms with E-state index in [-0.39, 0.29) is 17.3 Å². The van der Waals surface area contributed by atoms with Gasteiger partial charge in [0, 0.05) is 31.7 Å². The van der Waals surface area contributed by atoms with Gasteiger partial charge in [0.1, 0.15) is 5.75 Å². The molecular weight excluding hydrogens is 258 g/mol. The Morgan fingerprint density at radius 1 is 1.50 bits per heavy atom. The number of carbonyl (C=O) groups excluding carboxylic acids is 1. The number of nitrogens with zero attached hydrogens (tertiary/aromatic N) is 1. The SMILES string of the molecule is COc1cnccc1C(=O)C1CCOC2(CCOC2)C1. The summed E-state index contributed by atoms with van der Waals surface area (Å²) in [5.74, 6) is 0.640. The predicted octanol–water partition coefficient (Wildman–Crippen LogP) is 1.86. The minimum absolute atomic E-state index is 0.0262. The van der Waals surface area contributed by atoms with Crippen LogP contribution in [0, 0.1) is 5.92 Å². The highest BCUT2D eigenvalue weighted by Gasteiger charge is 2.43. The van der Waals surface area contributed by atoms with Crippen LogP contribution >= 0.6 is 0 Å². The van der Waals surface area contributed by atoms with Gasteiger partial charge in [0.15, 0.2) is 5.78 Å². The number of pyridine rings is 1. The molecule has 0 bridgehead atoms. The number of hydrogen-bond donors (Lipinski definition) is 0. The van der Waals surface area contributed by atoms with E-state index < -0.39 is 0 Å². The van der Waals surface area contributed by atoms with Gasteiger partial charge in [0.25, 0.3) is 0 Å². The van der Waals surface area contributed by atoms with Crippen molar-refractivity contribution in [1.29, 1.82) is 0 Å². The standard InChI is InChI=1S/C15H19NO4/c1-18-13-9-16-5-2-12(13)14(17)11-3-6-20-15(8-11)4-7-19-10-15/h2,5,9,11H,3-4,6-8,10H2,1H3. The molecule has 1 aromatic rings. The van der Waals surface area contributed by atoms with Crippen molar-refractivity contribution in [3.63, 3.8) is 0 Å². The van der Waals surface area contributed by atoms with Gasteiger partial charge in [-0.15, -0.1) is 0 Å². The molecule has 1 spiro atoms. The molecule has 2 aliphatic rings. The molecule has 0 aromatic carbocycles. The first-order valence-electron chi connectivity index (χ1n) is 6.98. The number of ketones is 1. The van der Waals surface area contributed by atoms with Crippen molar-refractivity contribution in [3.05, 3.63) is 24.0 Å². The van der Waals surface area contributed by atoms with E-state index >= 15 is 0 Å². The average molecular weight is 277 g/mol. The highest BCUT2D eigenvalue weighted by molar-refractivity contribution is 6.00. The van der Waals surface area contributed by atoms with Crippen molar-refractivity contribution in [1.82, 2.24) is 4.98 Å². The van der Waals surface area contributed by atoms with E-state index in [0.717, 1.165) is 25.9 Å². The Hall–Kier alpha value is -1.46.